The SMILES string of the molecule is Brc1ccc(-c2c3c(c(-c4ccc(Br)s4)c4nsnc24)OCCO3)s1. The summed E-state index contributed by atoms with van der Waals surface area (Å²) >= 11 is 11.6. The molecule has 0 radical (unpaired) electrons. The summed E-state index contributed by atoms with van der Waals surface area (Å²) in [5, 5.41) is 0. The van der Waals surface area contributed by atoms with E-state index < -0.39 is 0 Å². The van der Waals surface area contributed by atoms with Gasteiger partial charge in [-0.25, -0.2) is 0 Å². The van der Waals surface area contributed by atoms with Gasteiger partial charge in [-0.1, -0.05) is 0 Å². The van der Waals surface area contributed by atoms with Gasteiger partial charge in [-0.2, -0.15) is 8.75 Å². The molecule has 1 aliphatic heterocycles. The minimum atomic E-state index is 0.531. The predicted molar refractivity (Wildman–Crippen MR) is 110 cm³/mol. The molecule has 0 amide bonds. The van der Waals surface area contributed by atoms with Gasteiger partial charge in [-0.15, -0.1) is 22.7 Å². The molecule has 0 fully saturated rings. The van der Waals surface area contributed by atoms with Gasteiger partial charge in [0.05, 0.1) is 30.4 Å². The fraction of sp³-hybridized carbons (Fsp3) is 0.125. The Labute approximate surface area is 172 Å². The van der Waals surface area contributed by atoms with Gasteiger partial charge >= 0.3 is 0 Å². The largest absolute Gasteiger partial charge is 0.485 e. The van der Waals surface area contributed by atoms with Crippen molar-refractivity contribution in [3.8, 4) is 32.4 Å². The van der Waals surface area contributed by atoms with E-state index in [-0.39, 0.29) is 0 Å². The van der Waals surface area contributed by atoms with Crippen LogP contribution in [0.15, 0.2) is 31.8 Å². The van der Waals surface area contributed by atoms with Crippen molar-refractivity contribution < 1.29 is 9.47 Å². The van der Waals surface area contributed by atoms with Crippen molar-refractivity contribution in [2.45, 2.75) is 0 Å². The van der Waals surface area contributed by atoms with Crippen molar-refractivity contribution in [3.63, 3.8) is 0 Å². The molecule has 126 valence electrons. The molecule has 4 nitrogen and oxygen atoms in total. The van der Waals surface area contributed by atoms with E-state index in [1.165, 1.54) is 11.7 Å². The first-order valence-electron chi connectivity index (χ1n) is 7.31. The molecule has 0 unspecified atom stereocenters. The van der Waals surface area contributed by atoms with E-state index in [1.807, 2.05) is 12.1 Å². The third-order valence-electron chi connectivity index (χ3n) is 3.84. The Morgan fingerprint density at radius 3 is 1.64 bits per heavy atom. The maximum Gasteiger partial charge on any atom is 0.173 e. The lowest BCUT2D eigenvalue weighted by atomic mass is 10.0. The maximum absolute atomic E-state index is 6.06. The molecule has 9 heteroatoms. The molecule has 3 aromatic heterocycles. The van der Waals surface area contributed by atoms with Gasteiger partial charge in [0, 0.05) is 9.75 Å². The molecule has 4 heterocycles. The molecule has 5 rings (SSSR count). The van der Waals surface area contributed by atoms with E-state index in [4.69, 9.17) is 9.47 Å². The Kier molecular flexibility index (Phi) is 4.09. The fourth-order valence-corrected chi connectivity index (χ4v) is 6.29. The van der Waals surface area contributed by atoms with E-state index in [2.05, 4.69) is 52.7 Å². The number of benzene rings is 1. The molecular formula is C16H8Br2N2O2S3. The highest BCUT2D eigenvalue weighted by molar-refractivity contribution is 9.11. The second-order valence-corrected chi connectivity index (χ2v) is 10.7. The molecule has 4 aromatic rings. The lowest BCUT2D eigenvalue weighted by molar-refractivity contribution is 0.173. The number of ether oxygens (including phenoxy) is 2. The summed E-state index contributed by atoms with van der Waals surface area (Å²) in [6, 6.07) is 8.21. The molecule has 0 N–H and O–H groups in total. The molecule has 1 aromatic carbocycles. The third kappa shape index (κ3) is 2.64. The van der Waals surface area contributed by atoms with Crippen molar-refractivity contribution in [1.82, 2.24) is 8.75 Å². The highest BCUT2D eigenvalue weighted by Crippen LogP contribution is 2.53. The van der Waals surface area contributed by atoms with E-state index >= 15 is 0 Å². The molecule has 0 saturated heterocycles. The number of hydrogen-bond acceptors (Lipinski definition) is 7. The zero-order valence-corrected chi connectivity index (χ0v) is 18.0. The lowest BCUT2D eigenvalue weighted by Gasteiger charge is -2.23. The van der Waals surface area contributed by atoms with E-state index in [0.29, 0.717) is 13.2 Å². The molecule has 1 aliphatic rings. The number of rotatable bonds is 2. The third-order valence-corrected chi connectivity index (χ3v) is 7.65. The first-order chi connectivity index (χ1) is 12.2. The average molecular weight is 516 g/mol. The van der Waals surface area contributed by atoms with Crippen molar-refractivity contribution in [3.05, 3.63) is 31.8 Å². The Bertz CT molecular complexity index is 1020. The van der Waals surface area contributed by atoms with Gasteiger partial charge in [0.1, 0.15) is 24.2 Å². The number of nitrogens with zero attached hydrogens (tertiary/aromatic N) is 2. The standard InChI is InChI=1S/C16H8Br2N2O2S3/c17-9-3-1-7(23-9)11-13-14(20-25-19-13)12(8-2-4-10(18)24-8)16-15(11)21-5-6-22-16/h1-4H,5-6H2. The second-order valence-electron chi connectivity index (χ2n) is 5.27. The average Bonchev–Trinajstić information content (AvgIpc) is 3.34. The molecule has 0 bridgehead atoms. The Morgan fingerprint density at radius 2 is 1.24 bits per heavy atom. The minimum Gasteiger partial charge on any atom is -0.485 e. The van der Waals surface area contributed by atoms with Crippen LogP contribution in [-0.2, 0) is 0 Å². The van der Waals surface area contributed by atoms with E-state index in [1.54, 1.807) is 22.7 Å². The van der Waals surface area contributed by atoms with Crippen LogP contribution in [0.5, 0.6) is 11.5 Å². The molecule has 0 atom stereocenters. The molecular weight excluding hydrogens is 508 g/mol. The Balaban J connectivity index is 1.90. The van der Waals surface area contributed by atoms with Crippen molar-refractivity contribution in [1.29, 1.82) is 0 Å². The summed E-state index contributed by atoms with van der Waals surface area (Å²) in [6.45, 7) is 1.06. The quantitative estimate of drug-likeness (QED) is 0.308. The van der Waals surface area contributed by atoms with Gasteiger partial charge in [0.15, 0.2) is 11.5 Å². The number of fused-ring (bicyclic) bond motifs is 2. The monoisotopic (exact) mass is 514 g/mol. The lowest BCUT2D eigenvalue weighted by Crippen LogP contribution is -2.17. The number of hydrogen-bond donors (Lipinski definition) is 0. The van der Waals surface area contributed by atoms with Crippen LogP contribution in [0.25, 0.3) is 31.9 Å². The summed E-state index contributed by atoms with van der Waals surface area (Å²) in [5.74, 6) is 1.53. The van der Waals surface area contributed by atoms with Crippen LogP contribution >= 0.6 is 66.3 Å². The highest BCUT2D eigenvalue weighted by Gasteiger charge is 2.29. The number of thiophene rings is 2. The maximum atomic E-state index is 6.06. The van der Waals surface area contributed by atoms with Crippen LogP contribution in [0.4, 0.5) is 0 Å². The smallest absolute Gasteiger partial charge is 0.173 e. The number of aromatic nitrogens is 2. The van der Waals surface area contributed by atoms with Gasteiger partial charge in [0.2, 0.25) is 0 Å². The minimum absolute atomic E-state index is 0.531. The topological polar surface area (TPSA) is 44.2 Å². The predicted octanol–water partition coefficient (Wildman–Crippen LogP) is 6.44. The van der Waals surface area contributed by atoms with E-state index in [9.17, 15) is 0 Å². The fourth-order valence-electron chi connectivity index (χ4n) is 2.88. The van der Waals surface area contributed by atoms with Crippen molar-refractivity contribution >= 4 is 77.3 Å². The summed E-state index contributed by atoms with van der Waals surface area (Å²) < 4.78 is 23.4. The molecule has 0 saturated carbocycles. The summed E-state index contributed by atoms with van der Waals surface area (Å²) in [5.41, 5.74) is 3.66. The van der Waals surface area contributed by atoms with Crippen LogP contribution in [-0.4, -0.2) is 22.0 Å². The molecule has 0 aliphatic carbocycles. The van der Waals surface area contributed by atoms with Crippen LogP contribution in [0, 0.1) is 0 Å². The van der Waals surface area contributed by atoms with Crippen LogP contribution in [0.3, 0.4) is 0 Å². The van der Waals surface area contributed by atoms with Crippen LogP contribution < -0.4 is 9.47 Å². The second kappa shape index (κ2) is 6.31. The summed E-state index contributed by atoms with van der Waals surface area (Å²) in [6.07, 6.45) is 0. The zero-order chi connectivity index (χ0) is 17.0. The summed E-state index contributed by atoms with van der Waals surface area (Å²) in [7, 11) is 0. The van der Waals surface area contributed by atoms with Crippen molar-refractivity contribution in [2.24, 2.45) is 0 Å². The Hall–Kier alpha value is -1.00. The first kappa shape index (κ1) is 16.2. The summed E-state index contributed by atoms with van der Waals surface area (Å²) in [4.78, 5) is 2.18. The van der Waals surface area contributed by atoms with Gasteiger partial charge in [-0.3, -0.25) is 0 Å². The van der Waals surface area contributed by atoms with Gasteiger partial charge < -0.3 is 9.47 Å². The van der Waals surface area contributed by atoms with Crippen molar-refractivity contribution in [2.75, 3.05) is 13.2 Å². The first-order valence-corrected chi connectivity index (χ1v) is 11.3. The molecule has 25 heavy (non-hydrogen) atoms. The van der Waals surface area contributed by atoms with Crippen LogP contribution in [0.1, 0.15) is 0 Å². The van der Waals surface area contributed by atoms with Crippen LogP contribution in [0.2, 0.25) is 0 Å². The zero-order valence-electron chi connectivity index (χ0n) is 12.4. The normalized spacial score (nSPS) is 13.5. The van der Waals surface area contributed by atoms with Gasteiger partial charge in [0.25, 0.3) is 0 Å². The number of halogens is 2. The molecule has 0 spiro atoms. The Morgan fingerprint density at radius 1 is 0.760 bits per heavy atom. The van der Waals surface area contributed by atoms with E-state index in [0.717, 1.165) is 51.0 Å². The van der Waals surface area contributed by atoms with Gasteiger partial charge in [-0.05, 0) is 56.1 Å². The highest BCUT2D eigenvalue weighted by atomic mass is 79.9.